The van der Waals surface area contributed by atoms with E-state index in [-0.39, 0.29) is 11.3 Å². The molecule has 0 unspecified atom stereocenters. The summed E-state index contributed by atoms with van der Waals surface area (Å²) in [5, 5.41) is 11.3. The predicted molar refractivity (Wildman–Crippen MR) is 131 cm³/mol. The third-order valence-electron chi connectivity index (χ3n) is 5.92. The van der Waals surface area contributed by atoms with Crippen LogP contribution in [0, 0.1) is 0 Å². The molecular formula is C26H32N2O7. The summed E-state index contributed by atoms with van der Waals surface area (Å²) in [7, 11) is 9.91. The van der Waals surface area contributed by atoms with E-state index in [0.29, 0.717) is 47.1 Å². The summed E-state index contributed by atoms with van der Waals surface area (Å²) in [6.45, 7) is 1.07. The van der Waals surface area contributed by atoms with Gasteiger partial charge in [0, 0.05) is 12.1 Å². The van der Waals surface area contributed by atoms with E-state index in [1.165, 1.54) is 33.3 Å². The van der Waals surface area contributed by atoms with Crippen molar-refractivity contribution in [1.82, 2.24) is 9.80 Å². The van der Waals surface area contributed by atoms with Gasteiger partial charge in [-0.2, -0.15) is 0 Å². The van der Waals surface area contributed by atoms with Crippen molar-refractivity contribution in [2.24, 2.45) is 0 Å². The highest BCUT2D eigenvalue weighted by molar-refractivity contribution is 6.46. The minimum absolute atomic E-state index is 0.000655. The van der Waals surface area contributed by atoms with Crippen molar-refractivity contribution in [3.05, 3.63) is 53.1 Å². The number of ether oxygens (including phenoxy) is 4. The van der Waals surface area contributed by atoms with Gasteiger partial charge in [-0.15, -0.1) is 0 Å². The van der Waals surface area contributed by atoms with Gasteiger partial charge in [-0.3, -0.25) is 9.59 Å². The van der Waals surface area contributed by atoms with Gasteiger partial charge in [-0.1, -0.05) is 6.07 Å². The zero-order valence-corrected chi connectivity index (χ0v) is 21.0. The molecule has 1 aliphatic rings. The Morgan fingerprint density at radius 2 is 1.46 bits per heavy atom. The Hall–Kier alpha value is -3.72. The van der Waals surface area contributed by atoms with Crippen molar-refractivity contribution in [3.8, 4) is 23.0 Å². The largest absolute Gasteiger partial charge is 0.507 e. The number of aliphatic hydroxyl groups excluding tert-OH is 1. The van der Waals surface area contributed by atoms with Crippen molar-refractivity contribution in [2.45, 2.75) is 12.5 Å². The van der Waals surface area contributed by atoms with Crippen molar-refractivity contribution in [3.63, 3.8) is 0 Å². The van der Waals surface area contributed by atoms with Crippen LogP contribution in [0.3, 0.4) is 0 Å². The minimum Gasteiger partial charge on any atom is -0.507 e. The molecule has 9 nitrogen and oxygen atoms in total. The Bertz CT molecular complexity index is 1130. The normalized spacial score (nSPS) is 17.1. The third-order valence-corrected chi connectivity index (χ3v) is 5.92. The fraction of sp³-hybridized carbons (Fsp3) is 0.385. The molecule has 3 rings (SSSR count). The SMILES string of the molecule is COc1ccc(/C(O)=C2\C(=O)C(=O)N(CCCN(C)C)[C@@H]2c2ccc(OC)c(OC)c2)cc1OC. The molecule has 0 aliphatic carbocycles. The monoisotopic (exact) mass is 484 g/mol. The van der Waals surface area contributed by atoms with E-state index in [2.05, 4.69) is 0 Å². The number of rotatable bonds is 10. The van der Waals surface area contributed by atoms with Gasteiger partial charge in [-0.25, -0.2) is 0 Å². The molecule has 1 fully saturated rings. The second kappa shape index (κ2) is 11.1. The van der Waals surface area contributed by atoms with Gasteiger partial charge in [0.1, 0.15) is 5.76 Å². The Morgan fingerprint density at radius 1 is 0.886 bits per heavy atom. The molecular weight excluding hydrogens is 452 g/mol. The van der Waals surface area contributed by atoms with Gasteiger partial charge in [0.25, 0.3) is 11.7 Å². The predicted octanol–water partition coefficient (Wildman–Crippen LogP) is 3.09. The maximum absolute atomic E-state index is 13.2. The van der Waals surface area contributed by atoms with Crippen molar-refractivity contribution in [1.29, 1.82) is 0 Å². The summed E-state index contributed by atoms with van der Waals surface area (Å²) in [5.74, 6) is 0.131. The molecule has 2 aromatic carbocycles. The molecule has 9 heteroatoms. The van der Waals surface area contributed by atoms with Crippen LogP contribution in [-0.2, 0) is 9.59 Å². The first-order chi connectivity index (χ1) is 16.8. The second-order valence-corrected chi connectivity index (χ2v) is 8.33. The molecule has 0 radical (unpaired) electrons. The van der Waals surface area contributed by atoms with E-state index >= 15 is 0 Å². The fourth-order valence-electron chi connectivity index (χ4n) is 4.18. The highest BCUT2D eigenvalue weighted by Gasteiger charge is 2.46. The van der Waals surface area contributed by atoms with Crippen LogP contribution in [0.2, 0.25) is 0 Å². The van der Waals surface area contributed by atoms with E-state index in [1.807, 2.05) is 19.0 Å². The first kappa shape index (κ1) is 25.9. The van der Waals surface area contributed by atoms with Gasteiger partial charge < -0.3 is 33.9 Å². The molecule has 1 N–H and O–H groups in total. The number of carbonyl (C=O) groups is 2. The van der Waals surface area contributed by atoms with E-state index < -0.39 is 17.7 Å². The summed E-state index contributed by atoms with van der Waals surface area (Å²) in [5.41, 5.74) is 0.951. The van der Waals surface area contributed by atoms with E-state index in [0.717, 1.165) is 6.54 Å². The van der Waals surface area contributed by atoms with Gasteiger partial charge >= 0.3 is 0 Å². The number of likely N-dealkylation sites (tertiary alicyclic amines) is 1. The van der Waals surface area contributed by atoms with Crippen LogP contribution in [-0.4, -0.2) is 82.2 Å². The van der Waals surface area contributed by atoms with E-state index in [9.17, 15) is 14.7 Å². The van der Waals surface area contributed by atoms with Crippen molar-refractivity contribution >= 4 is 17.4 Å². The maximum atomic E-state index is 13.2. The second-order valence-electron chi connectivity index (χ2n) is 8.33. The highest BCUT2D eigenvalue weighted by atomic mass is 16.5. The van der Waals surface area contributed by atoms with Crippen LogP contribution in [0.5, 0.6) is 23.0 Å². The van der Waals surface area contributed by atoms with Gasteiger partial charge in [0.15, 0.2) is 23.0 Å². The maximum Gasteiger partial charge on any atom is 0.295 e. The van der Waals surface area contributed by atoms with Gasteiger partial charge in [-0.05, 0) is 63.0 Å². The molecule has 1 amide bonds. The number of Topliss-reactive ketones (excluding diaryl/α,β-unsaturated/α-hetero) is 1. The number of methoxy groups -OCH3 is 4. The van der Waals surface area contributed by atoms with Crippen LogP contribution in [0.4, 0.5) is 0 Å². The van der Waals surface area contributed by atoms with E-state index in [1.54, 1.807) is 36.4 Å². The highest BCUT2D eigenvalue weighted by Crippen LogP contribution is 2.42. The Balaban J connectivity index is 2.17. The standard InChI is InChI=1S/C26H32N2O7/c1-27(2)12-7-13-28-23(16-8-10-18(32-3)20(14-16)34-5)22(25(30)26(28)31)24(29)17-9-11-19(33-4)21(15-17)35-6/h8-11,14-15,23,29H,7,12-13H2,1-6H3/b24-22+/t23-/m1/s1. The van der Waals surface area contributed by atoms with Crippen molar-refractivity contribution in [2.75, 3.05) is 55.6 Å². The molecule has 2 aromatic rings. The number of nitrogens with zero attached hydrogens (tertiary/aromatic N) is 2. The van der Waals surface area contributed by atoms with Crippen LogP contribution in [0.15, 0.2) is 42.0 Å². The minimum atomic E-state index is -0.801. The van der Waals surface area contributed by atoms with Crippen LogP contribution in [0.25, 0.3) is 5.76 Å². The van der Waals surface area contributed by atoms with Gasteiger partial charge in [0.2, 0.25) is 0 Å². The van der Waals surface area contributed by atoms with Crippen LogP contribution >= 0.6 is 0 Å². The summed E-state index contributed by atoms with van der Waals surface area (Å²) in [6, 6.07) is 9.21. The molecule has 1 heterocycles. The summed E-state index contributed by atoms with van der Waals surface area (Å²) >= 11 is 0. The molecule has 0 spiro atoms. The molecule has 1 aliphatic heterocycles. The first-order valence-electron chi connectivity index (χ1n) is 11.1. The zero-order chi connectivity index (χ0) is 25.7. The number of benzene rings is 2. The number of ketones is 1. The number of aliphatic hydroxyl groups is 1. The number of carbonyl (C=O) groups excluding carboxylic acids is 2. The summed E-state index contributed by atoms with van der Waals surface area (Å²) < 4.78 is 21.4. The topological polar surface area (TPSA) is 97.8 Å². The Morgan fingerprint density at radius 3 is 2.03 bits per heavy atom. The lowest BCUT2D eigenvalue weighted by molar-refractivity contribution is -0.139. The number of hydrogen-bond donors (Lipinski definition) is 1. The molecule has 0 saturated carbocycles. The lowest BCUT2D eigenvalue weighted by atomic mass is 9.94. The number of hydrogen-bond acceptors (Lipinski definition) is 8. The van der Waals surface area contributed by atoms with Crippen LogP contribution in [0.1, 0.15) is 23.6 Å². The average Bonchev–Trinajstić information content (AvgIpc) is 3.12. The molecule has 1 saturated heterocycles. The quantitative estimate of drug-likeness (QED) is 0.312. The fourth-order valence-corrected chi connectivity index (χ4v) is 4.18. The smallest absolute Gasteiger partial charge is 0.295 e. The lowest BCUT2D eigenvalue weighted by Crippen LogP contribution is -2.32. The van der Waals surface area contributed by atoms with Gasteiger partial charge in [0.05, 0.1) is 40.1 Å². The first-order valence-corrected chi connectivity index (χ1v) is 11.1. The van der Waals surface area contributed by atoms with Crippen LogP contribution < -0.4 is 18.9 Å². The third kappa shape index (κ3) is 5.19. The molecule has 188 valence electrons. The lowest BCUT2D eigenvalue weighted by Gasteiger charge is -2.26. The average molecular weight is 485 g/mol. The Kier molecular flexibility index (Phi) is 8.24. The van der Waals surface area contributed by atoms with Crippen molar-refractivity contribution < 1.29 is 33.6 Å². The van der Waals surface area contributed by atoms with E-state index in [4.69, 9.17) is 18.9 Å². The zero-order valence-electron chi connectivity index (χ0n) is 21.0. The molecule has 0 bridgehead atoms. The molecule has 35 heavy (non-hydrogen) atoms. The number of amides is 1. The summed E-state index contributed by atoms with van der Waals surface area (Å²) in [6.07, 6.45) is 0.653. The Labute approximate surface area is 205 Å². The summed E-state index contributed by atoms with van der Waals surface area (Å²) in [4.78, 5) is 29.9. The molecule has 1 atom stereocenters. The molecule has 0 aromatic heterocycles.